The summed E-state index contributed by atoms with van der Waals surface area (Å²) >= 11 is 0. The maximum Gasteiger partial charge on any atom is 0.291 e. The summed E-state index contributed by atoms with van der Waals surface area (Å²) in [7, 11) is 1.44. The van der Waals surface area contributed by atoms with Crippen molar-refractivity contribution >= 4 is 5.69 Å². The first-order valence-corrected chi connectivity index (χ1v) is 4.94. The molecule has 0 saturated heterocycles. The summed E-state index contributed by atoms with van der Waals surface area (Å²) in [6, 6.07) is 2.77. The second kappa shape index (κ2) is 5.41. The largest absolute Gasteiger partial charge is 0.481 e. The molecule has 0 aromatic carbocycles. The fourth-order valence-corrected chi connectivity index (χ4v) is 1.27. The Hall–Kier alpha value is -1.69. The number of nitro groups is 1. The van der Waals surface area contributed by atoms with Gasteiger partial charge in [-0.1, -0.05) is 6.92 Å². The summed E-state index contributed by atoms with van der Waals surface area (Å²) in [5.74, 6) is 0.309. The van der Waals surface area contributed by atoms with Crippen LogP contribution >= 0.6 is 0 Å². The molecule has 1 atom stereocenters. The van der Waals surface area contributed by atoms with E-state index in [1.807, 2.05) is 0 Å². The minimum absolute atomic E-state index is 0.0895. The van der Waals surface area contributed by atoms with Crippen molar-refractivity contribution in [3.8, 4) is 5.88 Å². The van der Waals surface area contributed by atoms with Crippen LogP contribution in [0.25, 0.3) is 0 Å². The molecule has 1 aromatic heterocycles. The van der Waals surface area contributed by atoms with Crippen molar-refractivity contribution in [2.75, 3.05) is 7.11 Å². The minimum Gasteiger partial charge on any atom is -0.481 e. The van der Waals surface area contributed by atoms with Gasteiger partial charge in [-0.05, 0) is 6.42 Å². The van der Waals surface area contributed by atoms with Gasteiger partial charge < -0.3 is 9.84 Å². The lowest BCUT2D eigenvalue weighted by Crippen LogP contribution is -2.12. The highest BCUT2D eigenvalue weighted by atomic mass is 16.6. The first-order chi connectivity index (χ1) is 7.58. The molecule has 1 aromatic rings. The highest BCUT2D eigenvalue weighted by Crippen LogP contribution is 2.21. The number of aromatic nitrogens is 1. The summed E-state index contributed by atoms with van der Waals surface area (Å²) in [5, 5.41) is 20.2. The molecule has 0 radical (unpaired) electrons. The van der Waals surface area contributed by atoms with Gasteiger partial charge in [0.1, 0.15) is 5.69 Å². The fraction of sp³-hybridized carbons (Fsp3) is 0.500. The highest BCUT2D eigenvalue weighted by molar-refractivity contribution is 5.38. The molecule has 1 unspecified atom stereocenters. The second-order valence-electron chi connectivity index (χ2n) is 3.34. The predicted molar refractivity (Wildman–Crippen MR) is 57.4 cm³/mol. The third-order valence-electron chi connectivity index (χ3n) is 2.23. The van der Waals surface area contributed by atoms with Crippen LogP contribution < -0.4 is 4.74 Å². The number of aliphatic hydroxyl groups is 1. The van der Waals surface area contributed by atoms with Crippen LogP contribution in [-0.2, 0) is 6.42 Å². The van der Waals surface area contributed by atoms with E-state index < -0.39 is 11.0 Å². The Morgan fingerprint density at radius 3 is 2.81 bits per heavy atom. The van der Waals surface area contributed by atoms with E-state index in [4.69, 9.17) is 4.74 Å². The summed E-state index contributed by atoms with van der Waals surface area (Å²) in [6.45, 7) is 1.80. The normalized spacial score (nSPS) is 12.2. The Balaban J connectivity index is 3.05. The van der Waals surface area contributed by atoms with Crippen molar-refractivity contribution in [2.45, 2.75) is 25.9 Å². The first kappa shape index (κ1) is 12.4. The van der Waals surface area contributed by atoms with Gasteiger partial charge >= 0.3 is 0 Å². The van der Waals surface area contributed by atoms with Crippen LogP contribution in [0.2, 0.25) is 0 Å². The van der Waals surface area contributed by atoms with Gasteiger partial charge in [0.2, 0.25) is 5.88 Å². The van der Waals surface area contributed by atoms with Gasteiger partial charge in [0.15, 0.2) is 0 Å². The minimum atomic E-state index is -0.627. The number of pyridine rings is 1. The average Bonchev–Trinajstić information content (AvgIpc) is 2.28. The third kappa shape index (κ3) is 2.90. The van der Waals surface area contributed by atoms with Gasteiger partial charge in [0.25, 0.3) is 5.69 Å². The summed E-state index contributed by atoms with van der Waals surface area (Å²) < 4.78 is 4.89. The number of ether oxygens (including phenoxy) is 1. The number of rotatable bonds is 5. The zero-order valence-electron chi connectivity index (χ0n) is 9.21. The molecule has 0 aliphatic carbocycles. The Labute approximate surface area is 93.0 Å². The van der Waals surface area contributed by atoms with Crippen LogP contribution in [0.5, 0.6) is 5.88 Å². The maximum absolute atomic E-state index is 10.7. The van der Waals surface area contributed by atoms with Crippen molar-refractivity contribution in [1.29, 1.82) is 0 Å². The van der Waals surface area contributed by atoms with Gasteiger partial charge in [-0.25, -0.2) is 4.98 Å². The lowest BCUT2D eigenvalue weighted by atomic mass is 10.1. The predicted octanol–water partition coefficient (Wildman–Crippen LogP) is 1.31. The Morgan fingerprint density at radius 2 is 2.31 bits per heavy atom. The molecule has 0 spiro atoms. The van der Waals surface area contributed by atoms with Gasteiger partial charge in [-0.15, -0.1) is 0 Å². The monoisotopic (exact) mass is 226 g/mol. The van der Waals surface area contributed by atoms with Gasteiger partial charge in [0.05, 0.1) is 18.1 Å². The number of aliphatic hydroxyl groups excluding tert-OH is 1. The van der Waals surface area contributed by atoms with Crippen LogP contribution in [0, 0.1) is 10.1 Å². The second-order valence-corrected chi connectivity index (χ2v) is 3.34. The molecular weight excluding hydrogens is 212 g/mol. The molecule has 6 heteroatoms. The summed E-state index contributed by atoms with van der Waals surface area (Å²) in [6.07, 6.45) is 0.0540. The molecule has 0 aliphatic heterocycles. The molecule has 1 N–H and O–H groups in total. The number of methoxy groups -OCH3 is 1. The van der Waals surface area contributed by atoms with Gasteiger partial charge in [-0.2, -0.15) is 0 Å². The lowest BCUT2D eigenvalue weighted by Gasteiger charge is -2.08. The Morgan fingerprint density at radius 1 is 1.62 bits per heavy atom. The van der Waals surface area contributed by atoms with Crippen molar-refractivity contribution in [3.63, 3.8) is 0 Å². The molecule has 16 heavy (non-hydrogen) atoms. The van der Waals surface area contributed by atoms with E-state index in [9.17, 15) is 15.2 Å². The molecule has 0 saturated carbocycles. The van der Waals surface area contributed by atoms with Gasteiger partial charge in [0, 0.05) is 18.6 Å². The van der Waals surface area contributed by atoms with Crippen molar-refractivity contribution < 1.29 is 14.8 Å². The standard InChI is InChI=1S/C10H14N2O4/c1-3-7(13)6-8-9(12(14)15)4-5-10(11-8)16-2/h4-5,7,13H,3,6H2,1-2H3. The molecule has 0 bridgehead atoms. The third-order valence-corrected chi connectivity index (χ3v) is 2.23. The maximum atomic E-state index is 10.7. The Kier molecular flexibility index (Phi) is 4.19. The van der Waals surface area contributed by atoms with Crippen LogP contribution in [0.15, 0.2) is 12.1 Å². The molecule has 0 fully saturated rings. The zero-order valence-corrected chi connectivity index (χ0v) is 9.21. The van der Waals surface area contributed by atoms with E-state index in [2.05, 4.69) is 4.98 Å². The lowest BCUT2D eigenvalue weighted by molar-refractivity contribution is -0.386. The zero-order chi connectivity index (χ0) is 12.1. The molecular formula is C10H14N2O4. The Bertz CT molecular complexity index is 381. The number of nitrogens with zero attached hydrogens (tertiary/aromatic N) is 2. The van der Waals surface area contributed by atoms with E-state index in [-0.39, 0.29) is 17.8 Å². The van der Waals surface area contributed by atoms with Crippen LogP contribution in [0.4, 0.5) is 5.69 Å². The van der Waals surface area contributed by atoms with Crippen molar-refractivity contribution in [2.24, 2.45) is 0 Å². The molecule has 1 heterocycles. The van der Waals surface area contributed by atoms with Gasteiger partial charge in [-0.3, -0.25) is 10.1 Å². The highest BCUT2D eigenvalue weighted by Gasteiger charge is 2.18. The fourth-order valence-electron chi connectivity index (χ4n) is 1.27. The first-order valence-electron chi connectivity index (χ1n) is 4.94. The number of hydrogen-bond acceptors (Lipinski definition) is 5. The van der Waals surface area contributed by atoms with Crippen LogP contribution in [-0.4, -0.2) is 28.2 Å². The smallest absolute Gasteiger partial charge is 0.291 e. The van der Waals surface area contributed by atoms with E-state index in [0.717, 1.165) is 0 Å². The molecule has 6 nitrogen and oxygen atoms in total. The van der Waals surface area contributed by atoms with E-state index in [0.29, 0.717) is 12.3 Å². The summed E-state index contributed by atoms with van der Waals surface area (Å²) in [4.78, 5) is 14.2. The van der Waals surface area contributed by atoms with Crippen LogP contribution in [0.1, 0.15) is 19.0 Å². The molecule has 88 valence electrons. The molecule has 1 rings (SSSR count). The SMILES string of the molecule is CCC(O)Cc1nc(OC)ccc1[N+](=O)[O-]. The quantitative estimate of drug-likeness (QED) is 0.604. The van der Waals surface area contributed by atoms with E-state index in [1.165, 1.54) is 19.2 Å². The van der Waals surface area contributed by atoms with E-state index >= 15 is 0 Å². The van der Waals surface area contributed by atoms with E-state index in [1.54, 1.807) is 6.92 Å². The molecule has 0 amide bonds. The number of hydrogen-bond donors (Lipinski definition) is 1. The van der Waals surface area contributed by atoms with Crippen molar-refractivity contribution in [1.82, 2.24) is 4.98 Å². The molecule has 0 aliphatic rings. The van der Waals surface area contributed by atoms with Crippen LogP contribution in [0.3, 0.4) is 0 Å². The topological polar surface area (TPSA) is 85.5 Å². The summed E-state index contributed by atoms with van der Waals surface area (Å²) in [5.41, 5.74) is 0.159. The average molecular weight is 226 g/mol. The van der Waals surface area contributed by atoms with Crippen molar-refractivity contribution in [3.05, 3.63) is 27.9 Å².